The number of para-hydroxylation sites is 1. The second-order valence-electron chi connectivity index (χ2n) is 4.87. The number of hydrogen-bond acceptors (Lipinski definition) is 5. The summed E-state index contributed by atoms with van der Waals surface area (Å²) in [6, 6.07) is 8.97. The van der Waals surface area contributed by atoms with Crippen LogP contribution in [-0.4, -0.2) is 19.1 Å². The number of rotatable bonds is 6. The zero-order valence-corrected chi connectivity index (χ0v) is 13.0. The average Bonchev–Trinajstić information content (AvgIpc) is 2.53. The van der Waals surface area contributed by atoms with E-state index in [-0.39, 0.29) is 11.7 Å². The minimum Gasteiger partial charge on any atom is -0.493 e. The van der Waals surface area contributed by atoms with E-state index in [0.29, 0.717) is 11.5 Å². The van der Waals surface area contributed by atoms with Gasteiger partial charge in [0.25, 0.3) is 0 Å². The highest BCUT2D eigenvalue weighted by molar-refractivity contribution is 5.63. The van der Waals surface area contributed by atoms with Crippen LogP contribution in [0.1, 0.15) is 18.5 Å². The Labute approximate surface area is 133 Å². The lowest BCUT2D eigenvalue weighted by molar-refractivity contribution is -0.386. The molecule has 2 aromatic rings. The van der Waals surface area contributed by atoms with Crippen molar-refractivity contribution in [2.45, 2.75) is 13.0 Å². The summed E-state index contributed by atoms with van der Waals surface area (Å²) < 4.78 is 24.1. The zero-order chi connectivity index (χ0) is 17.0. The van der Waals surface area contributed by atoms with Gasteiger partial charge in [0.2, 0.25) is 5.82 Å². The van der Waals surface area contributed by atoms with Crippen LogP contribution in [0, 0.1) is 15.9 Å². The number of nitrogens with one attached hydrogen (secondary N) is 1. The number of nitro groups is 1. The Morgan fingerprint density at radius 2 is 1.87 bits per heavy atom. The molecule has 23 heavy (non-hydrogen) atoms. The van der Waals surface area contributed by atoms with E-state index in [1.807, 2.05) is 13.0 Å². The second-order valence-corrected chi connectivity index (χ2v) is 4.87. The van der Waals surface area contributed by atoms with Crippen molar-refractivity contribution in [3.05, 3.63) is 57.9 Å². The first-order valence-electron chi connectivity index (χ1n) is 6.89. The van der Waals surface area contributed by atoms with Gasteiger partial charge >= 0.3 is 5.69 Å². The van der Waals surface area contributed by atoms with E-state index in [2.05, 4.69) is 5.32 Å². The molecule has 0 aliphatic rings. The first-order valence-corrected chi connectivity index (χ1v) is 6.89. The van der Waals surface area contributed by atoms with Gasteiger partial charge in [-0.05, 0) is 36.8 Å². The van der Waals surface area contributed by atoms with E-state index in [9.17, 15) is 14.5 Å². The molecule has 0 amide bonds. The van der Waals surface area contributed by atoms with Crippen molar-refractivity contribution in [1.29, 1.82) is 0 Å². The number of anilines is 1. The number of nitro benzene ring substituents is 1. The third-order valence-corrected chi connectivity index (χ3v) is 3.45. The molecule has 1 unspecified atom stereocenters. The molecule has 7 heteroatoms. The van der Waals surface area contributed by atoms with Gasteiger partial charge in [0, 0.05) is 6.04 Å². The van der Waals surface area contributed by atoms with Crippen molar-refractivity contribution < 1.29 is 18.8 Å². The van der Waals surface area contributed by atoms with Gasteiger partial charge in [-0.1, -0.05) is 12.1 Å². The third kappa shape index (κ3) is 3.50. The molecule has 0 aliphatic heterocycles. The smallest absolute Gasteiger partial charge is 0.327 e. The topological polar surface area (TPSA) is 73.6 Å². The lowest BCUT2D eigenvalue weighted by Crippen LogP contribution is -2.09. The highest BCUT2D eigenvalue weighted by atomic mass is 19.1. The SMILES string of the molecule is COc1ccc(C(C)Nc2cccc(F)c2[N+](=O)[O-])cc1OC. The van der Waals surface area contributed by atoms with E-state index in [1.165, 1.54) is 26.4 Å². The van der Waals surface area contributed by atoms with Crippen molar-refractivity contribution in [1.82, 2.24) is 0 Å². The Morgan fingerprint density at radius 3 is 2.48 bits per heavy atom. The van der Waals surface area contributed by atoms with Crippen LogP contribution in [0.4, 0.5) is 15.8 Å². The Hall–Kier alpha value is -2.83. The highest BCUT2D eigenvalue weighted by Gasteiger charge is 2.21. The summed E-state index contributed by atoms with van der Waals surface area (Å²) in [6.07, 6.45) is 0. The van der Waals surface area contributed by atoms with Gasteiger partial charge in [0.15, 0.2) is 11.5 Å². The molecular formula is C16H17FN2O4. The molecular weight excluding hydrogens is 303 g/mol. The molecule has 0 bridgehead atoms. The lowest BCUT2D eigenvalue weighted by Gasteiger charge is -2.17. The van der Waals surface area contributed by atoms with Crippen molar-refractivity contribution in [2.75, 3.05) is 19.5 Å². The van der Waals surface area contributed by atoms with E-state index in [0.717, 1.165) is 11.6 Å². The summed E-state index contributed by atoms with van der Waals surface area (Å²) in [5.41, 5.74) is 0.373. The predicted octanol–water partition coefficient (Wildman–Crippen LogP) is 3.92. The van der Waals surface area contributed by atoms with Crippen LogP contribution in [0.5, 0.6) is 11.5 Å². The summed E-state index contributed by atoms with van der Waals surface area (Å²) in [4.78, 5) is 10.3. The summed E-state index contributed by atoms with van der Waals surface area (Å²) in [5.74, 6) is 0.257. The number of methoxy groups -OCH3 is 2. The minimum absolute atomic E-state index is 0.122. The van der Waals surface area contributed by atoms with Gasteiger partial charge in [-0.3, -0.25) is 10.1 Å². The summed E-state index contributed by atoms with van der Waals surface area (Å²) >= 11 is 0. The number of halogens is 1. The van der Waals surface area contributed by atoms with Crippen LogP contribution in [0.3, 0.4) is 0 Å². The quantitative estimate of drug-likeness (QED) is 0.645. The zero-order valence-electron chi connectivity index (χ0n) is 13.0. The van der Waals surface area contributed by atoms with E-state index >= 15 is 0 Å². The highest BCUT2D eigenvalue weighted by Crippen LogP contribution is 2.33. The molecule has 2 aromatic carbocycles. The fourth-order valence-corrected chi connectivity index (χ4v) is 2.26. The normalized spacial score (nSPS) is 11.7. The van der Waals surface area contributed by atoms with Gasteiger partial charge in [-0.25, -0.2) is 0 Å². The van der Waals surface area contributed by atoms with Gasteiger partial charge < -0.3 is 14.8 Å². The molecule has 0 heterocycles. The van der Waals surface area contributed by atoms with Crippen LogP contribution < -0.4 is 14.8 Å². The maximum atomic E-state index is 13.7. The van der Waals surface area contributed by atoms with Crippen molar-refractivity contribution in [2.24, 2.45) is 0 Å². The largest absolute Gasteiger partial charge is 0.493 e. The standard InChI is InChI=1S/C16H17FN2O4/c1-10(11-7-8-14(22-2)15(9-11)23-3)18-13-6-4-5-12(17)16(13)19(20)21/h4-10,18H,1-3H3. The molecule has 1 atom stereocenters. The van der Waals surface area contributed by atoms with E-state index < -0.39 is 16.4 Å². The molecule has 0 radical (unpaired) electrons. The molecule has 1 N–H and O–H groups in total. The maximum Gasteiger partial charge on any atom is 0.327 e. The number of benzene rings is 2. The first kappa shape index (κ1) is 16.5. The van der Waals surface area contributed by atoms with Crippen molar-refractivity contribution in [3.8, 4) is 11.5 Å². The van der Waals surface area contributed by atoms with Crippen LogP contribution in [-0.2, 0) is 0 Å². The summed E-state index contributed by atoms with van der Waals surface area (Å²) in [6.45, 7) is 1.82. The average molecular weight is 320 g/mol. The molecule has 2 rings (SSSR count). The van der Waals surface area contributed by atoms with Crippen molar-refractivity contribution in [3.63, 3.8) is 0 Å². The van der Waals surface area contributed by atoms with E-state index in [4.69, 9.17) is 9.47 Å². The van der Waals surface area contributed by atoms with Crippen LogP contribution in [0.15, 0.2) is 36.4 Å². The minimum atomic E-state index is -0.875. The van der Waals surface area contributed by atoms with Gasteiger partial charge in [0.1, 0.15) is 5.69 Å². The molecule has 0 saturated heterocycles. The van der Waals surface area contributed by atoms with Crippen LogP contribution >= 0.6 is 0 Å². The fourth-order valence-electron chi connectivity index (χ4n) is 2.26. The Bertz CT molecular complexity index is 721. The number of nitrogens with zero attached hydrogens (tertiary/aromatic N) is 1. The van der Waals surface area contributed by atoms with Crippen LogP contribution in [0.25, 0.3) is 0 Å². The Kier molecular flexibility index (Phi) is 5.00. The summed E-state index contributed by atoms with van der Waals surface area (Å²) in [7, 11) is 3.06. The predicted molar refractivity (Wildman–Crippen MR) is 84.6 cm³/mol. The second kappa shape index (κ2) is 6.95. The van der Waals surface area contributed by atoms with E-state index in [1.54, 1.807) is 12.1 Å². The van der Waals surface area contributed by atoms with Gasteiger partial charge in [-0.15, -0.1) is 0 Å². The monoisotopic (exact) mass is 320 g/mol. The molecule has 6 nitrogen and oxygen atoms in total. The molecule has 0 spiro atoms. The maximum absolute atomic E-state index is 13.7. The molecule has 0 aromatic heterocycles. The summed E-state index contributed by atoms with van der Waals surface area (Å²) in [5, 5.41) is 14.0. The molecule has 0 aliphatic carbocycles. The van der Waals surface area contributed by atoms with Crippen LogP contribution in [0.2, 0.25) is 0 Å². The van der Waals surface area contributed by atoms with Crippen molar-refractivity contribution >= 4 is 11.4 Å². The van der Waals surface area contributed by atoms with Gasteiger partial charge in [0.05, 0.1) is 19.1 Å². The first-order chi connectivity index (χ1) is 11.0. The lowest BCUT2D eigenvalue weighted by atomic mass is 10.1. The Morgan fingerprint density at radius 1 is 1.17 bits per heavy atom. The van der Waals surface area contributed by atoms with Gasteiger partial charge in [-0.2, -0.15) is 4.39 Å². The number of ether oxygens (including phenoxy) is 2. The number of hydrogen-bond donors (Lipinski definition) is 1. The molecule has 0 saturated carbocycles. The molecule has 122 valence electrons. The third-order valence-electron chi connectivity index (χ3n) is 3.45. The molecule has 0 fully saturated rings. The fraction of sp³-hybridized carbons (Fsp3) is 0.250. The Balaban J connectivity index is 2.31.